The third-order valence-electron chi connectivity index (χ3n) is 3.22. The number of aromatic nitrogens is 3. The third kappa shape index (κ3) is 2.76. The van der Waals surface area contributed by atoms with Gasteiger partial charge in [0.15, 0.2) is 12.0 Å². The van der Waals surface area contributed by atoms with Gasteiger partial charge in [-0.05, 0) is 23.8 Å². The van der Waals surface area contributed by atoms with Crippen LogP contribution in [0.2, 0.25) is 5.02 Å². The molecule has 0 radical (unpaired) electrons. The van der Waals surface area contributed by atoms with Crippen LogP contribution in [0.5, 0.6) is 0 Å². The SMILES string of the molecule is O=Cc1nnn(Cc2cccc(F)c2)c1-c1ccccc1Cl. The van der Waals surface area contributed by atoms with Crippen LogP contribution in [-0.4, -0.2) is 21.3 Å². The molecule has 1 aromatic heterocycles. The molecule has 3 rings (SSSR count). The zero-order valence-electron chi connectivity index (χ0n) is 11.4. The second-order valence-electron chi connectivity index (χ2n) is 4.71. The smallest absolute Gasteiger partial charge is 0.172 e. The molecule has 0 N–H and O–H groups in total. The molecule has 0 aliphatic heterocycles. The van der Waals surface area contributed by atoms with Gasteiger partial charge in [-0.3, -0.25) is 4.79 Å². The maximum Gasteiger partial charge on any atom is 0.172 e. The van der Waals surface area contributed by atoms with E-state index in [0.29, 0.717) is 29.1 Å². The minimum Gasteiger partial charge on any atom is -0.296 e. The number of aldehydes is 1. The maximum absolute atomic E-state index is 13.3. The largest absolute Gasteiger partial charge is 0.296 e. The molecule has 0 saturated heterocycles. The van der Waals surface area contributed by atoms with Crippen LogP contribution >= 0.6 is 11.6 Å². The fourth-order valence-electron chi connectivity index (χ4n) is 2.26. The van der Waals surface area contributed by atoms with Gasteiger partial charge in [-0.15, -0.1) is 5.10 Å². The molecular formula is C16H11ClFN3O. The Kier molecular flexibility index (Phi) is 3.98. The Labute approximate surface area is 131 Å². The fourth-order valence-corrected chi connectivity index (χ4v) is 2.48. The quantitative estimate of drug-likeness (QED) is 0.691. The second-order valence-corrected chi connectivity index (χ2v) is 5.12. The summed E-state index contributed by atoms with van der Waals surface area (Å²) in [6.07, 6.45) is 0.633. The molecule has 0 spiro atoms. The summed E-state index contributed by atoms with van der Waals surface area (Å²) in [5.74, 6) is -0.326. The number of halogens is 2. The number of nitrogens with zero attached hydrogens (tertiary/aromatic N) is 3. The van der Waals surface area contributed by atoms with Gasteiger partial charge in [0.1, 0.15) is 11.5 Å². The third-order valence-corrected chi connectivity index (χ3v) is 3.55. The molecule has 6 heteroatoms. The molecule has 0 fully saturated rings. The second kappa shape index (κ2) is 6.07. The van der Waals surface area contributed by atoms with Gasteiger partial charge < -0.3 is 0 Å². The average molecular weight is 316 g/mol. The number of carbonyl (C=O) groups is 1. The van der Waals surface area contributed by atoms with E-state index in [0.717, 1.165) is 5.56 Å². The van der Waals surface area contributed by atoms with Crippen molar-refractivity contribution in [1.82, 2.24) is 15.0 Å². The Balaban J connectivity index is 2.08. The lowest BCUT2D eigenvalue weighted by Gasteiger charge is -2.08. The van der Waals surface area contributed by atoms with Gasteiger partial charge in [0.05, 0.1) is 11.6 Å². The van der Waals surface area contributed by atoms with Gasteiger partial charge in [0.2, 0.25) is 0 Å². The van der Waals surface area contributed by atoms with E-state index in [4.69, 9.17) is 11.6 Å². The van der Waals surface area contributed by atoms with Gasteiger partial charge in [-0.2, -0.15) is 0 Å². The normalized spacial score (nSPS) is 10.6. The van der Waals surface area contributed by atoms with E-state index in [-0.39, 0.29) is 11.5 Å². The van der Waals surface area contributed by atoms with Crippen molar-refractivity contribution in [3.8, 4) is 11.3 Å². The molecule has 0 unspecified atom stereocenters. The van der Waals surface area contributed by atoms with Crippen LogP contribution in [0.4, 0.5) is 4.39 Å². The van der Waals surface area contributed by atoms with Crippen LogP contribution in [0, 0.1) is 5.82 Å². The highest BCUT2D eigenvalue weighted by atomic mass is 35.5. The number of benzene rings is 2. The minimum absolute atomic E-state index is 0.199. The van der Waals surface area contributed by atoms with E-state index in [9.17, 15) is 9.18 Å². The number of rotatable bonds is 4. The lowest BCUT2D eigenvalue weighted by Crippen LogP contribution is -2.05. The summed E-state index contributed by atoms with van der Waals surface area (Å²) >= 11 is 6.20. The number of carbonyl (C=O) groups excluding carboxylic acids is 1. The zero-order chi connectivity index (χ0) is 15.5. The predicted molar refractivity (Wildman–Crippen MR) is 81.4 cm³/mol. The first kappa shape index (κ1) is 14.4. The molecule has 110 valence electrons. The zero-order valence-corrected chi connectivity index (χ0v) is 12.2. The van der Waals surface area contributed by atoms with Gasteiger partial charge in [0, 0.05) is 5.56 Å². The van der Waals surface area contributed by atoms with Crippen molar-refractivity contribution in [2.24, 2.45) is 0 Å². The van der Waals surface area contributed by atoms with Crippen molar-refractivity contribution in [2.75, 3.05) is 0 Å². The van der Waals surface area contributed by atoms with Crippen LogP contribution in [0.15, 0.2) is 48.5 Å². The average Bonchev–Trinajstić information content (AvgIpc) is 2.90. The molecule has 2 aromatic carbocycles. The lowest BCUT2D eigenvalue weighted by molar-refractivity contribution is 0.111. The van der Waals surface area contributed by atoms with Gasteiger partial charge in [0.25, 0.3) is 0 Å². The first-order valence-electron chi connectivity index (χ1n) is 6.57. The monoisotopic (exact) mass is 315 g/mol. The van der Waals surface area contributed by atoms with E-state index in [1.54, 1.807) is 35.0 Å². The summed E-state index contributed by atoms with van der Waals surface area (Å²) in [5, 5.41) is 8.34. The Morgan fingerprint density at radius 3 is 2.73 bits per heavy atom. The molecule has 0 amide bonds. The van der Waals surface area contributed by atoms with E-state index in [1.807, 2.05) is 6.07 Å². The van der Waals surface area contributed by atoms with Gasteiger partial charge >= 0.3 is 0 Å². The molecule has 0 aliphatic rings. The summed E-state index contributed by atoms with van der Waals surface area (Å²) in [7, 11) is 0. The van der Waals surface area contributed by atoms with Crippen LogP contribution in [0.3, 0.4) is 0 Å². The van der Waals surface area contributed by atoms with Crippen LogP contribution in [0.1, 0.15) is 16.1 Å². The molecular weight excluding hydrogens is 305 g/mol. The Hall–Kier alpha value is -2.53. The molecule has 0 saturated carbocycles. The van der Waals surface area contributed by atoms with Crippen molar-refractivity contribution in [2.45, 2.75) is 6.54 Å². The predicted octanol–water partition coefficient (Wildman–Crippen LogP) is 3.60. The number of hydrogen-bond donors (Lipinski definition) is 0. The summed E-state index contributed by atoms with van der Waals surface area (Å²) < 4.78 is 14.8. The Bertz CT molecular complexity index is 832. The standard InChI is InChI=1S/C16H11ClFN3O/c17-14-7-2-1-6-13(14)16-15(10-22)19-20-21(16)9-11-4-3-5-12(18)8-11/h1-8,10H,9H2. The highest BCUT2D eigenvalue weighted by molar-refractivity contribution is 6.33. The van der Waals surface area contributed by atoms with Crippen LogP contribution in [-0.2, 0) is 6.54 Å². The van der Waals surface area contributed by atoms with E-state index < -0.39 is 0 Å². The van der Waals surface area contributed by atoms with E-state index >= 15 is 0 Å². The molecule has 0 atom stereocenters. The number of hydrogen-bond acceptors (Lipinski definition) is 3. The van der Waals surface area contributed by atoms with Crippen LogP contribution in [0.25, 0.3) is 11.3 Å². The molecule has 4 nitrogen and oxygen atoms in total. The van der Waals surface area contributed by atoms with E-state index in [1.165, 1.54) is 12.1 Å². The van der Waals surface area contributed by atoms with Crippen molar-refractivity contribution in [3.63, 3.8) is 0 Å². The van der Waals surface area contributed by atoms with E-state index in [2.05, 4.69) is 10.3 Å². The van der Waals surface area contributed by atoms with Crippen molar-refractivity contribution < 1.29 is 9.18 Å². The summed E-state index contributed by atoms with van der Waals surface area (Å²) in [6.45, 7) is 0.291. The van der Waals surface area contributed by atoms with Gasteiger partial charge in [-0.25, -0.2) is 9.07 Å². The molecule has 22 heavy (non-hydrogen) atoms. The summed E-state index contributed by atoms with van der Waals surface area (Å²) in [4.78, 5) is 11.2. The highest BCUT2D eigenvalue weighted by Gasteiger charge is 2.17. The fraction of sp³-hybridized carbons (Fsp3) is 0.0625. The lowest BCUT2D eigenvalue weighted by atomic mass is 10.1. The Morgan fingerprint density at radius 2 is 2.00 bits per heavy atom. The van der Waals surface area contributed by atoms with Crippen molar-refractivity contribution >= 4 is 17.9 Å². The van der Waals surface area contributed by atoms with Crippen LogP contribution < -0.4 is 0 Å². The maximum atomic E-state index is 13.3. The van der Waals surface area contributed by atoms with Crippen molar-refractivity contribution in [1.29, 1.82) is 0 Å². The molecule has 3 aromatic rings. The first-order valence-corrected chi connectivity index (χ1v) is 6.95. The Morgan fingerprint density at radius 1 is 1.18 bits per heavy atom. The molecule has 0 bridgehead atoms. The molecule has 1 heterocycles. The topological polar surface area (TPSA) is 47.8 Å². The van der Waals surface area contributed by atoms with Gasteiger partial charge in [-0.1, -0.05) is 47.1 Å². The molecule has 0 aliphatic carbocycles. The van der Waals surface area contributed by atoms with Crippen molar-refractivity contribution in [3.05, 3.63) is 70.6 Å². The first-order chi connectivity index (χ1) is 10.7. The summed E-state index contributed by atoms with van der Waals surface area (Å²) in [6, 6.07) is 13.3. The highest BCUT2D eigenvalue weighted by Crippen LogP contribution is 2.29. The minimum atomic E-state index is -0.326. The summed E-state index contributed by atoms with van der Waals surface area (Å²) in [5.41, 5.74) is 2.10.